The molecule has 4 nitrogen and oxygen atoms in total. The number of amides is 1. The van der Waals surface area contributed by atoms with E-state index in [0.29, 0.717) is 17.1 Å². The van der Waals surface area contributed by atoms with Crippen molar-refractivity contribution in [2.75, 3.05) is 6.61 Å². The number of rotatable bonds is 5. The van der Waals surface area contributed by atoms with Gasteiger partial charge in [-0.15, -0.1) is 0 Å². The molecule has 1 aromatic carbocycles. The van der Waals surface area contributed by atoms with Gasteiger partial charge in [0, 0.05) is 12.8 Å². The number of benzene rings is 1. The Bertz CT molecular complexity index is 558. The van der Waals surface area contributed by atoms with E-state index in [1.165, 1.54) is 6.20 Å². The number of pyridine rings is 1. The fourth-order valence-electron chi connectivity index (χ4n) is 1.88. The van der Waals surface area contributed by atoms with E-state index in [4.69, 9.17) is 16.7 Å². The van der Waals surface area contributed by atoms with Gasteiger partial charge in [-0.05, 0) is 24.1 Å². The summed E-state index contributed by atoms with van der Waals surface area (Å²) in [5, 5.41) is 12.5. The van der Waals surface area contributed by atoms with Crippen molar-refractivity contribution < 1.29 is 9.90 Å². The van der Waals surface area contributed by atoms with Crippen molar-refractivity contribution in [3.8, 4) is 0 Å². The number of aliphatic hydroxyl groups is 1. The summed E-state index contributed by atoms with van der Waals surface area (Å²) >= 11 is 5.74. The lowest BCUT2D eigenvalue weighted by Gasteiger charge is -2.18. The summed E-state index contributed by atoms with van der Waals surface area (Å²) in [4.78, 5) is 16.1. The van der Waals surface area contributed by atoms with Gasteiger partial charge in [0.2, 0.25) is 0 Å². The van der Waals surface area contributed by atoms with Gasteiger partial charge in [-0.1, -0.05) is 41.9 Å². The molecule has 0 aliphatic heterocycles. The van der Waals surface area contributed by atoms with E-state index in [2.05, 4.69) is 10.3 Å². The van der Waals surface area contributed by atoms with Crippen LogP contribution in [0, 0.1) is 0 Å². The quantitative estimate of drug-likeness (QED) is 0.890. The van der Waals surface area contributed by atoms with Crippen molar-refractivity contribution in [3.63, 3.8) is 0 Å². The van der Waals surface area contributed by atoms with Gasteiger partial charge in [0.15, 0.2) is 0 Å². The fraction of sp³-hybridized carbons (Fsp3) is 0.200. The zero-order valence-electron chi connectivity index (χ0n) is 10.8. The van der Waals surface area contributed by atoms with Crippen LogP contribution in [0.1, 0.15) is 28.5 Å². The standard InChI is InChI=1S/C15H15ClN2O2/c16-12-6-7-14(17-10-12)15(20)18-13(8-9-19)11-4-2-1-3-5-11/h1-7,10,13,19H,8-9H2,(H,18,20). The summed E-state index contributed by atoms with van der Waals surface area (Å²) in [6, 6.07) is 12.5. The van der Waals surface area contributed by atoms with Crippen LogP contribution in [0.4, 0.5) is 0 Å². The molecular weight excluding hydrogens is 276 g/mol. The zero-order valence-corrected chi connectivity index (χ0v) is 11.5. The second kappa shape index (κ2) is 7.03. The maximum Gasteiger partial charge on any atom is 0.270 e. The molecule has 104 valence electrons. The Kier molecular flexibility index (Phi) is 5.09. The lowest BCUT2D eigenvalue weighted by Crippen LogP contribution is -2.29. The van der Waals surface area contributed by atoms with Crippen molar-refractivity contribution in [1.29, 1.82) is 0 Å². The molecule has 1 heterocycles. The van der Waals surface area contributed by atoms with Gasteiger partial charge in [-0.2, -0.15) is 0 Å². The van der Waals surface area contributed by atoms with Gasteiger partial charge in [0.05, 0.1) is 11.1 Å². The first-order valence-electron chi connectivity index (χ1n) is 6.29. The lowest BCUT2D eigenvalue weighted by atomic mass is 10.0. The maximum atomic E-state index is 12.1. The lowest BCUT2D eigenvalue weighted by molar-refractivity contribution is 0.0925. The van der Waals surface area contributed by atoms with Crippen LogP contribution >= 0.6 is 11.6 Å². The third-order valence-electron chi connectivity index (χ3n) is 2.89. The largest absolute Gasteiger partial charge is 0.396 e. The Morgan fingerprint density at radius 2 is 2.00 bits per heavy atom. The summed E-state index contributed by atoms with van der Waals surface area (Å²) in [6.45, 7) is -0.00606. The van der Waals surface area contributed by atoms with Gasteiger partial charge in [0.1, 0.15) is 5.69 Å². The molecule has 1 unspecified atom stereocenters. The van der Waals surface area contributed by atoms with Crippen molar-refractivity contribution in [3.05, 3.63) is 64.9 Å². The minimum Gasteiger partial charge on any atom is -0.396 e. The van der Waals surface area contributed by atoms with Crippen LogP contribution in [0.5, 0.6) is 0 Å². The van der Waals surface area contributed by atoms with E-state index < -0.39 is 0 Å². The number of aliphatic hydroxyl groups excluding tert-OH is 1. The van der Waals surface area contributed by atoms with Crippen LogP contribution in [0.15, 0.2) is 48.7 Å². The van der Waals surface area contributed by atoms with E-state index in [1.807, 2.05) is 30.3 Å². The average molecular weight is 291 g/mol. The average Bonchev–Trinajstić information content (AvgIpc) is 2.48. The Balaban J connectivity index is 2.12. The highest BCUT2D eigenvalue weighted by Gasteiger charge is 2.15. The summed E-state index contributed by atoms with van der Waals surface area (Å²) < 4.78 is 0. The molecule has 0 saturated heterocycles. The third kappa shape index (κ3) is 3.79. The molecule has 2 N–H and O–H groups in total. The second-order valence-electron chi connectivity index (χ2n) is 4.31. The van der Waals surface area contributed by atoms with E-state index in [9.17, 15) is 4.79 Å². The van der Waals surface area contributed by atoms with Crippen LogP contribution in [-0.4, -0.2) is 22.6 Å². The first-order valence-corrected chi connectivity index (χ1v) is 6.66. The minimum atomic E-state index is -0.288. The van der Waals surface area contributed by atoms with E-state index in [1.54, 1.807) is 12.1 Å². The summed E-state index contributed by atoms with van der Waals surface area (Å²) in [5.41, 5.74) is 1.25. The molecule has 1 amide bonds. The molecule has 2 rings (SSSR count). The first-order chi connectivity index (χ1) is 9.70. The van der Waals surface area contributed by atoms with Crippen LogP contribution in [0.2, 0.25) is 5.02 Å². The Hall–Kier alpha value is -1.91. The molecule has 20 heavy (non-hydrogen) atoms. The van der Waals surface area contributed by atoms with E-state index in [0.717, 1.165) is 5.56 Å². The van der Waals surface area contributed by atoms with Crippen molar-refractivity contribution in [2.24, 2.45) is 0 Å². The smallest absolute Gasteiger partial charge is 0.270 e. The number of carbonyl (C=O) groups excluding carboxylic acids is 1. The number of aromatic nitrogens is 1. The number of carbonyl (C=O) groups is 1. The monoisotopic (exact) mass is 290 g/mol. The molecular formula is C15H15ClN2O2. The molecule has 0 aliphatic rings. The van der Waals surface area contributed by atoms with Gasteiger partial charge >= 0.3 is 0 Å². The van der Waals surface area contributed by atoms with E-state index in [-0.39, 0.29) is 18.6 Å². The molecule has 5 heteroatoms. The number of hydrogen-bond acceptors (Lipinski definition) is 3. The molecule has 0 aliphatic carbocycles. The summed E-state index contributed by atoms with van der Waals surface area (Å²) in [7, 11) is 0. The molecule has 1 atom stereocenters. The van der Waals surface area contributed by atoms with Crippen LogP contribution in [-0.2, 0) is 0 Å². The highest BCUT2D eigenvalue weighted by molar-refractivity contribution is 6.30. The highest BCUT2D eigenvalue weighted by atomic mass is 35.5. The maximum absolute atomic E-state index is 12.1. The summed E-state index contributed by atoms with van der Waals surface area (Å²) in [5.74, 6) is -0.288. The number of halogens is 1. The second-order valence-corrected chi connectivity index (χ2v) is 4.75. The van der Waals surface area contributed by atoms with Crippen LogP contribution in [0.3, 0.4) is 0 Å². The number of nitrogens with zero attached hydrogens (tertiary/aromatic N) is 1. The zero-order chi connectivity index (χ0) is 14.4. The molecule has 0 fully saturated rings. The summed E-state index contributed by atoms with van der Waals surface area (Å²) in [6.07, 6.45) is 1.88. The van der Waals surface area contributed by atoms with Gasteiger partial charge in [-0.25, -0.2) is 4.98 Å². The van der Waals surface area contributed by atoms with E-state index >= 15 is 0 Å². The predicted octanol–water partition coefficient (Wildman–Crippen LogP) is 2.59. The Labute approximate surface area is 122 Å². The van der Waals surface area contributed by atoms with Gasteiger partial charge < -0.3 is 10.4 Å². The normalized spacial score (nSPS) is 11.9. The van der Waals surface area contributed by atoms with Crippen molar-refractivity contribution >= 4 is 17.5 Å². The first kappa shape index (κ1) is 14.5. The molecule has 0 radical (unpaired) electrons. The minimum absolute atomic E-state index is 0.00606. The van der Waals surface area contributed by atoms with Gasteiger partial charge in [0.25, 0.3) is 5.91 Å². The fourth-order valence-corrected chi connectivity index (χ4v) is 1.99. The SMILES string of the molecule is O=C(NC(CCO)c1ccccc1)c1ccc(Cl)cn1. The Morgan fingerprint density at radius 3 is 2.60 bits per heavy atom. The van der Waals surface area contributed by atoms with Crippen LogP contribution < -0.4 is 5.32 Å². The number of hydrogen-bond donors (Lipinski definition) is 2. The van der Waals surface area contributed by atoms with Gasteiger partial charge in [-0.3, -0.25) is 4.79 Å². The highest BCUT2D eigenvalue weighted by Crippen LogP contribution is 2.17. The molecule has 1 aromatic heterocycles. The molecule has 0 saturated carbocycles. The van der Waals surface area contributed by atoms with Crippen molar-refractivity contribution in [1.82, 2.24) is 10.3 Å². The third-order valence-corrected chi connectivity index (χ3v) is 3.11. The topological polar surface area (TPSA) is 62.2 Å². The molecule has 0 bridgehead atoms. The number of nitrogens with one attached hydrogen (secondary N) is 1. The Morgan fingerprint density at radius 1 is 1.25 bits per heavy atom. The molecule has 2 aromatic rings. The predicted molar refractivity (Wildman–Crippen MR) is 77.6 cm³/mol. The molecule has 0 spiro atoms. The van der Waals surface area contributed by atoms with Crippen molar-refractivity contribution in [2.45, 2.75) is 12.5 Å². The van der Waals surface area contributed by atoms with Crippen LogP contribution in [0.25, 0.3) is 0 Å².